The summed E-state index contributed by atoms with van der Waals surface area (Å²) in [5, 5.41) is 4.63. The minimum Gasteiger partial charge on any atom is -0.310 e. The summed E-state index contributed by atoms with van der Waals surface area (Å²) in [7, 11) is 0. The first kappa shape index (κ1) is 13.2. The lowest BCUT2D eigenvalue weighted by Gasteiger charge is -2.16. The third-order valence-corrected chi connectivity index (χ3v) is 3.63. The van der Waals surface area contributed by atoms with Crippen LogP contribution >= 0.6 is 11.5 Å². The predicted octanol–water partition coefficient (Wildman–Crippen LogP) is 2.99. The smallest absolute Gasteiger partial charge is 0.142 e. The lowest BCUT2D eigenvalue weighted by atomic mass is 10.0. The zero-order chi connectivity index (χ0) is 12.8. The van der Waals surface area contributed by atoms with Crippen LogP contribution in [0, 0.1) is 0 Å². The van der Waals surface area contributed by atoms with E-state index >= 15 is 0 Å². The SMILES string of the molecule is CCNC(Cc1nc(CC)ns1)c1ccccc1. The molecule has 2 rings (SSSR count). The maximum absolute atomic E-state index is 4.54. The summed E-state index contributed by atoms with van der Waals surface area (Å²) in [6, 6.07) is 10.9. The van der Waals surface area contributed by atoms with Gasteiger partial charge in [0.2, 0.25) is 0 Å². The second-order valence-corrected chi connectivity index (χ2v) is 5.02. The van der Waals surface area contributed by atoms with Crippen LogP contribution in [-0.4, -0.2) is 15.9 Å². The van der Waals surface area contributed by atoms with Crippen LogP contribution in [0.25, 0.3) is 0 Å². The summed E-state index contributed by atoms with van der Waals surface area (Å²) in [5.74, 6) is 0.957. The molecule has 4 heteroatoms. The van der Waals surface area contributed by atoms with E-state index in [9.17, 15) is 0 Å². The van der Waals surface area contributed by atoms with Crippen molar-refractivity contribution in [3.8, 4) is 0 Å². The van der Waals surface area contributed by atoms with Crippen LogP contribution in [0.15, 0.2) is 30.3 Å². The molecule has 3 nitrogen and oxygen atoms in total. The van der Waals surface area contributed by atoms with Crippen LogP contribution < -0.4 is 5.32 Å². The van der Waals surface area contributed by atoms with Crippen LogP contribution in [0.2, 0.25) is 0 Å². The summed E-state index contributed by atoms with van der Waals surface area (Å²) in [6.45, 7) is 5.18. The molecule has 0 aliphatic rings. The molecule has 1 aromatic heterocycles. The zero-order valence-electron chi connectivity index (χ0n) is 10.9. The second-order valence-electron chi connectivity index (χ2n) is 4.18. The summed E-state index contributed by atoms with van der Waals surface area (Å²) in [4.78, 5) is 4.54. The lowest BCUT2D eigenvalue weighted by Crippen LogP contribution is -2.22. The summed E-state index contributed by atoms with van der Waals surface area (Å²) < 4.78 is 4.34. The van der Waals surface area contributed by atoms with E-state index in [2.05, 4.69) is 52.8 Å². The first-order valence-electron chi connectivity index (χ1n) is 6.43. The molecule has 1 atom stereocenters. The van der Waals surface area contributed by atoms with Gasteiger partial charge in [0, 0.05) is 18.9 Å². The number of hydrogen-bond donors (Lipinski definition) is 1. The largest absolute Gasteiger partial charge is 0.310 e. The van der Waals surface area contributed by atoms with Gasteiger partial charge in [-0.1, -0.05) is 44.2 Å². The van der Waals surface area contributed by atoms with Crippen molar-refractivity contribution in [2.45, 2.75) is 32.7 Å². The molecule has 2 aromatic rings. The molecule has 96 valence electrons. The van der Waals surface area contributed by atoms with Crippen LogP contribution in [-0.2, 0) is 12.8 Å². The minimum atomic E-state index is 0.328. The van der Waals surface area contributed by atoms with Gasteiger partial charge in [-0.2, -0.15) is 4.37 Å². The van der Waals surface area contributed by atoms with Crippen LogP contribution in [0.1, 0.15) is 36.3 Å². The summed E-state index contributed by atoms with van der Waals surface area (Å²) in [6.07, 6.45) is 1.82. The van der Waals surface area contributed by atoms with Gasteiger partial charge >= 0.3 is 0 Å². The fourth-order valence-corrected chi connectivity index (χ4v) is 2.70. The Hall–Kier alpha value is -1.26. The van der Waals surface area contributed by atoms with Gasteiger partial charge in [0.25, 0.3) is 0 Å². The van der Waals surface area contributed by atoms with E-state index in [-0.39, 0.29) is 0 Å². The highest BCUT2D eigenvalue weighted by atomic mass is 32.1. The van der Waals surface area contributed by atoms with E-state index in [0.29, 0.717) is 6.04 Å². The van der Waals surface area contributed by atoms with Crippen molar-refractivity contribution in [1.82, 2.24) is 14.7 Å². The van der Waals surface area contributed by atoms with Gasteiger partial charge in [-0.05, 0) is 23.6 Å². The molecule has 0 aliphatic carbocycles. The molecule has 18 heavy (non-hydrogen) atoms. The maximum Gasteiger partial charge on any atom is 0.142 e. The Morgan fingerprint density at radius 3 is 2.61 bits per heavy atom. The highest BCUT2D eigenvalue weighted by Gasteiger charge is 2.13. The quantitative estimate of drug-likeness (QED) is 0.868. The van der Waals surface area contributed by atoms with Crippen LogP contribution in [0.4, 0.5) is 0 Å². The Morgan fingerprint density at radius 2 is 2.00 bits per heavy atom. The van der Waals surface area contributed by atoms with E-state index in [1.54, 1.807) is 0 Å². The minimum absolute atomic E-state index is 0.328. The number of hydrogen-bond acceptors (Lipinski definition) is 4. The van der Waals surface area contributed by atoms with Gasteiger partial charge in [-0.15, -0.1) is 0 Å². The Balaban J connectivity index is 2.11. The van der Waals surface area contributed by atoms with Gasteiger partial charge < -0.3 is 5.32 Å². The first-order chi connectivity index (χ1) is 8.83. The molecule has 0 bridgehead atoms. The average molecular weight is 261 g/mol. The van der Waals surface area contributed by atoms with Crippen molar-refractivity contribution in [1.29, 1.82) is 0 Å². The average Bonchev–Trinajstić information content (AvgIpc) is 2.87. The summed E-state index contributed by atoms with van der Waals surface area (Å²) >= 11 is 1.52. The van der Waals surface area contributed by atoms with E-state index in [4.69, 9.17) is 0 Å². The van der Waals surface area contributed by atoms with Gasteiger partial charge in [-0.25, -0.2) is 4.98 Å². The van der Waals surface area contributed by atoms with Crippen LogP contribution in [0.5, 0.6) is 0 Å². The summed E-state index contributed by atoms with van der Waals surface area (Å²) in [5.41, 5.74) is 1.31. The van der Waals surface area contributed by atoms with Gasteiger partial charge in [-0.3, -0.25) is 0 Å². The lowest BCUT2D eigenvalue weighted by molar-refractivity contribution is 0.548. The van der Waals surface area contributed by atoms with Gasteiger partial charge in [0.05, 0.1) is 0 Å². The molecule has 1 aromatic carbocycles. The number of rotatable bonds is 6. The first-order valence-corrected chi connectivity index (χ1v) is 7.20. The van der Waals surface area contributed by atoms with Gasteiger partial charge in [0.15, 0.2) is 0 Å². The van der Waals surface area contributed by atoms with E-state index in [1.165, 1.54) is 17.1 Å². The van der Waals surface area contributed by atoms with Crippen molar-refractivity contribution in [3.63, 3.8) is 0 Å². The van der Waals surface area contributed by atoms with E-state index < -0.39 is 0 Å². The van der Waals surface area contributed by atoms with Crippen molar-refractivity contribution in [2.24, 2.45) is 0 Å². The Bertz CT molecular complexity index is 467. The number of nitrogens with zero attached hydrogens (tertiary/aromatic N) is 2. The third-order valence-electron chi connectivity index (χ3n) is 2.86. The van der Waals surface area contributed by atoms with E-state index in [0.717, 1.165) is 30.2 Å². The normalized spacial score (nSPS) is 12.6. The number of aromatic nitrogens is 2. The molecule has 0 aliphatic heterocycles. The second kappa shape index (κ2) is 6.61. The predicted molar refractivity (Wildman–Crippen MR) is 75.9 cm³/mol. The Morgan fingerprint density at radius 1 is 1.22 bits per heavy atom. The maximum atomic E-state index is 4.54. The molecule has 0 fully saturated rings. The topological polar surface area (TPSA) is 37.8 Å². The number of likely N-dealkylation sites (N-methyl/N-ethyl adjacent to an activating group) is 1. The Labute approximate surface area is 112 Å². The fourth-order valence-electron chi connectivity index (χ4n) is 1.93. The third kappa shape index (κ3) is 3.37. The number of aryl methyl sites for hydroxylation is 1. The standard InChI is InChI=1S/C14H19N3S/c1-3-13-16-14(18-17-13)10-12(15-4-2)11-8-6-5-7-9-11/h5-9,12,15H,3-4,10H2,1-2H3. The molecule has 0 spiro atoms. The van der Waals surface area contributed by atoms with Crippen molar-refractivity contribution >= 4 is 11.5 Å². The molecule has 0 saturated carbocycles. The van der Waals surface area contributed by atoms with Gasteiger partial charge in [0.1, 0.15) is 10.8 Å². The van der Waals surface area contributed by atoms with Crippen molar-refractivity contribution < 1.29 is 0 Å². The highest BCUT2D eigenvalue weighted by molar-refractivity contribution is 7.05. The molecular weight excluding hydrogens is 242 g/mol. The number of nitrogens with one attached hydrogen (secondary N) is 1. The van der Waals surface area contributed by atoms with Crippen molar-refractivity contribution in [2.75, 3.05) is 6.54 Å². The van der Waals surface area contributed by atoms with Crippen molar-refractivity contribution in [3.05, 3.63) is 46.7 Å². The zero-order valence-corrected chi connectivity index (χ0v) is 11.7. The molecule has 1 N–H and O–H groups in total. The fraction of sp³-hybridized carbons (Fsp3) is 0.429. The van der Waals surface area contributed by atoms with E-state index in [1.807, 2.05) is 6.07 Å². The number of benzene rings is 1. The highest BCUT2D eigenvalue weighted by Crippen LogP contribution is 2.19. The van der Waals surface area contributed by atoms with Crippen LogP contribution in [0.3, 0.4) is 0 Å². The Kier molecular flexibility index (Phi) is 4.84. The monoisotopic (exact) mass is 261 g/mol. The molecule has 1 unspecified atom stereocenters. The molecule has 0 amide bonds. The molecule has 0 radical (unpaired) electrons. The molecule has 1 heterocycles. The molecular formula is C14H19N3S. The molecule has 0 saturated heterocycles.